The van der Waals surface area contributed by atoms with Gasteiger partial charge in [-0.2, -0.15) is 0 Å². The van der Waals surface area contributed by atoms with Crippen LogP contribution in [0.2, 0.25) is 0 Å². The van der Waals surface area contributed by atoms with Crippen molar-refractivity contribution in [2.45, 2.75) is 72.6 Å². The van der Waals surface area contributed by atoms with Crippen molar-refractivity contribution < 1.29 is 14.3 Å². The van der Waals surface area contributed by atoms with Gasteiger partial charge in [0.1, 0.15) is 17.7 Å². The average Bonchev–Trinajstić information content (AvgIpc) is 2.90. The lowest BCUT2D eigenvalue weighted by atomic mass is 9.99. The number of aromatic nitrogens is 3. The summed E-state index contributed by atoms with van der Waals surface area (Å²) in [5.74, 6) is 0.906. The van der Waals surface area contributed by atoms with Gasteiger partial charge in [0.25, 0.3) is 0 Å². The molecule has 0 saturated carbocycles. The average molecular weight is 386 g/mol. The van der Waals surface area contributed by atoms with Gasteiger partial charge in [0, 0.05) is 11.8 Å². The van der Waals surface area contributed by atoms with E-state index in [0.29, 0.717) is 5.82 Å². The Hall–Kier alpha value is -2.70. The van der Waals surface area contributed by atoms with Crippen LogP contribution in [0.3, 0.4) is 0 Å². The Kier molecular flexibility index (Phi) is 6.59. The van der Waals surface area contributed by atoms with Crippen molar-refractivity contribution in [3.05, 3.63) is 35.5 Å². The standard InChI is InChI=1S/C21H30N4O3/c1-13(2)17-16(9-8-10-22-17)18-19(25(11-12-26)15(4)24-18)14(3)23-20(27)28-21(5,6)7/h8-10,12-14H,11H2,1-7H3,(H,23,27). The summed E-state index contributed by atoms with van der Waals surface area (Å²) in [5.41, 5.74) is 2.70. The molecule has 0 radical (unpaired) electrons. The Balaban J connectivity index is 2.53. The van der Waals surface area contributed by atoms with Crippen molar-refractivity contribution >= 4 is 12.4 Å². The molecule has 7 heteroatoms. The molecule has 0 saturated heterocycles. The third kappa shape index (κ3) is 4.97. The molecule has 1 N–H and O–H groups in total. The van der Waals surface area contributed by atoms with Gasteiger partial charge in [-0.1, -0.05) is 13.8 Å². The first-order valence-electron chi connectivity index (χ1n) is 9.50. The lowest BCUT2D eigenvalue weighted by Crippen LogP contribution is -2.35. The molecule has 0 aromatic carbocycles. The molecule has 0 aliphatic heterocycles. The van der Waals surface area contributed by atoms with Gasteiger partial charge in [-0.05, 0) is 52.7 Å². The number of amides is 1. The van der Waals surface area contributed by atoms with Gasteiger partial charge in [-0.15, -0.1) is 0 Å². The fourth-order valence-corrected chi connectivity index (χ4v) is 3.15. The van der Waals surface area contributed by atoms with E-state index in [1.165, 1.54) is 0 Å². The fourth-order valence-electron chi connectivity index (χ4n) is 3.15. The van der Waals surface area contributed by atoms with Crippen LogP contribution >= 0.6 is 0 Å². The smallest absolute Gasteiger partial charge is 0.408 e. The topological polar surface area (TPSA) is 86.1 Å². The first-order chi connectivity index (χ1) is 13.0. The van der Waals surface area contributed by atoms with E-state index >= 15 is 0 Å². The molecule has 1 unspecified atom stereocenters. The highest BCUT2D eigenvalue weighted by Crippen LogP contribution is 2.33. The van der Waals surface area contributed by atoms with Crippen molar-refractivity contribution in [3.8, 4) is 11.3 Å². The maximum absolute atomic E-state index is 12.3. The second kappa shape index (κ2) is 8.54. The lowest BCUT2D eigenvalue weighted by Gasteiger charge is -2.23. The number of carbonyl (C=O) groups excluding carboxylic acids is 2. The molecule has 2 aromatic heterocycles. The molecular formula is C21H30N4O3. The summed E-state index contributed by atoms with van der Waals surface area (Å²) >= 11 is 0. The predicted octanol–water partition coefficient (Wildman–Crippen LogP) is 4.16. The zero-order chi connectivity index (χ0) is 21.1. The Morgan fingerprint density at radius 1 is 1.32 bits per heavy atom. The minimum absolute atomic E-state index is 0.159. The number of alkyl carbamates (subject to hydrolysis) is 1. The number of aldehydes is 1. The highest BCUT2D eigenvalue weighted by Gasteiger charge is 2.26. The number of hydrogen-bond donors (Lipinski definition) is 1. The van der Waals surface area contributed by atoms with E-state index in [2.05, 4.69) is 24.1 Å². The number of aryl methyl sites for hydroxylation is 1. The van der Waals surface area contributed by atoms with Gasteiger partial charge in [0.2, 0.25) is 0 Å². The third-order valence-corrected chi connectivity index (χ3v) is 4.24. The largest absolute Gasteiger partial charge is 0.444 e. The van der Waals surface area contributed by atoms with Crippen LogP contribution in [-0.2, 0) is 16.1 Å². The summed E-state index contributed by atoms with van der Waals surface area (Å²) in [6.45, 7) is 13.5. The van der Waals surface area contributed by atoms with Crippen molar-refractivity contribution in [1.29, 1.82) is 0 Å². The number of hydrogen-bond acceptors (Lipinski definition) is 5. The van der Waals surface area contributed by atoms with Crippen molar-refractivity contribution in [3.63, 3.8) is 0 Å². The molecule has 2 heterocycles. The summed E-state index contributed by atoms with van der Waals surface area (Å²) in [4.78, 5) is 32.8. The first-order valence-corrected chi connectivity index (χ1v) is 9.50. The summed E-state index contributed by atoms with van der Waals surface area (Å²) in [6.07, 6.45) is 2.07. The number of pyridine rings is 1. The van der Waals surface area contributed by atoms with Gasteiger partial charge in [0.05, 0.1) is 29.7 Å². The van der Waals surface area contributed by atoms with Crippen LogP contribution in [0.15, 0.2) is 18.3 Å². The molecule has 7 nitrogen and oxygen atoms in total. The molecule has 0 spiro atoms. The minimum Gasteiger partial charge on any atom is -0.444 e. The summed E-state index contributed by atoms with van der Waals surface area (Å²) < 4.78 is 7.20. The lowest BCUT2D eigenvalue weighted by molar-refractivity contribution is -0.108. The van der Waals surface area contributed by atoms with Gasteiger partial charge in [0.15, 0.2) is 0 Å². The number of ether oxygens (including phenoxy) is 1. The fraction of sp³-hybridized carbons (Fsp3) is 0.524. The van der Waals surface area contributed by atoms with E-state index < -0.39 is 17.7 Å². The molecule has 0 aliphatic carbocycles. The number of nitrogens with zero attached hydrogens (tertiary/aromatic N) is 3. The van der Waals surface area contributed by atoms with E-state index in [4.69, 9.17) is 9.72 Å². The summed E-state index contributed by atoms with van der Waals surface area (Å²) in [7, 11) is 0. The van der Waals surface area contributed by atoms with Crippen LogP contribution in [0, 0.1) is 6.92 Å². The molecule has 152 valence electrons. The maximum atomic E-state index is 12.3. The summed E-state index contributed by atoms with van der Waals surface area (Å²) in [5, 5.41) is 2.87. The van der Waals surface area contributed by atoms with E-state index in [1.54, 1.807) is 6.20 Å². The van der Waals surface area contributed by atoms with E-state index in [9.17, 15) is 9.59 Å². The summed E-state index contributed by atoms with van der Waals surface area (Å²) in [6, 6.07) is 3.43. The van der Waals surface area contributed by atoms with Crippen molar-refractivity contribution in [2.75, 3.05) is 0 Å². The molecular weight excluding hydrogens is 356 g/mol. The number of imidazole rings is 1. The maximum Gasteiger partial charge on any atom is 0.408 e. The zero-order valence-corrected chi connectivity index (χ0v) is 17.7. The van der Waals surface area contributed by atoms with Crippen molar-refractivity contribution in [2.24, 2.45) is 0 Å². The third-order valence-electron chi connectivity index (χ3n) is 4.24. The highest BCUT2D eigenvalue weighted by atomic mass is 16.6. The highest BCUT2D eigenvalue weighted by molar-refractivity contribution is 5.71. The second-order valence-electron chi connectivity index (χ2n) is 8.13. The molecule has 0 fully saturated rings. The van der Waals surface area contributed by atoms with Crippen LogP contribution in [0.4, 0.5) is 4.79 Å². The van der Waals surface area contributed by atoms with Gasteiger partial charge < -0.3 is 19.4 Å². The SMILES string of the molecule is Cc1nc(-c2cccnc2C(C)C)c(C(C)NC(=O)OC(C)(C)C)n1CC=O. The first kappa shape index (κ1) is 21.6. The monoisotopic (exact) mass is 386 g/mol. The van der Waals surface area contributed by atoms with E-state index in [-0.39, 0.29) is 12.5 Å². The molecule has 2 aromatic rings. The number of nitrogens with one attached hydrogen (secondary N) is 1. The van der Waals surface area contributed by atoms with Gasteiger partial charge >= 0.3 is 6.09 Å². The van der Waals surface area contributed by atoms with Crippen LogP contribution in [-0.4, -0.2) is 32.5 Å². The molecule has 2 rings (SSSR count). The molecule has 0 aliphatic rings. The quantitative estimate of drug-likeness (QED) is 0.753. The Morgan fingerprint density at radius 3 is 2.57 bits per heavy atom. The molecule has 1 amide bonds. The Morgan fingerprint density at radius 2 is 2.00 bits per heavy atom. The second-order valence-corrected chi connectivity index (χ2v) is 8.13. The van der Waals surface area contributed by atoms with E-state index in [0.717, 1.165) is 28.9 Å². The molecule has 28 heavy (non-hydrogen) atoms. The minimum atomic E-state index is -0.597. The predicted molar refractivity (Wildman–Crippen MR) is 108 cm³/mol. The van der Waals surface area contributed by atoms with Crippen LogP contribution in [0.25, 0.3) is 11.3 Å². The van der Waals surface area contributed by atoms with Crippen LogP contribution < -0.4 is 5.32 Å². The van der Waals surface area contributed by atoms with Crippen LogP contribution in [0.1, 0.15) is 70.7 Å². The van der Waals surface area contributed by atoms with Crippen molar-refractivity contribution in [1.82, 2.24) is 19.9 Å². The molecule has 0 bridgehead atoms. The van der Waals surface area contributed by atoms with Gasteiger partial charge in [-0.25, -0.2) is 9.78 Å². The normalized spacial score (nSPS) is 12.7. The zero-order valence-electron chi connectivity index (χ0n) is 17.7. The van der Waals surface area contributed by atoms with Crippen LogP contribution in [0.5, 0.6) is 0 Å². The number of carbonyl (C=O) groups is 2. The molecule has 1 atom stereocenters. The Bertz CT molecular complexity index is 850. The Labute approximate surface area is 166 Å². The number of rotatable bonds is 6. The van der Waals surface area contributed by atoms with E-state index in [1.807, 2.05) is 51.3 Å². The van der Waals surface area contributed by atoms with Gasteiger partial charge in [-0.3, -0.25) is 4.98 Å².